The number of aromatic nitrogens is 3. The molecule has 0 unspecified atom stereocenters. The summed E-state index contributed by atoms with van der Waals surface area (Å²) >= 11 is 6.30. The molecule has 0 saturated heterocycles. The molecule has 0 fully saturated rings. The van der Waals surface area contributed by atoms with Gasteiger partial charge in [0.2, 0.25) is 5.95 Å². The van der Waals surface area contributed by atoms with E-state index < -0.39 is 11.6 Å². The summed E-state index contributed by atoms with van der Waals surface area (Å²) in [5.74, 6) is -1.37. The van der Waals surface area contributed by atoms with E-state index in [-0.39, 0.29) is 16.1 Å². The molecule has 0 radical (unpaired) electrons. The lowest BCUT2D eigenvalue weighted by Crippen LogP contribution is -2.04. The van der Waals surface area contributed by atoms with E-state index in [1.165, 1.54) is 10.6 Å². The highest BCUT2D eigenvalue weighted by Crippen LogP contribution is 2.28. The van der Waals surface area contributed by atoms with Crippen LogP contribution in [-0.2, 0) is 0 Å². The van der Waals surface area contributed by atoms with Crippen molar-refractivity contribution in [2.24, 2.45) is 0 Å². The molecule has 0 spiro atoms. The molecule has 0 amide bonds. The first-order valence-corrected chi connectivity index (χ1v) is 7.00. The SMILES string of the molecule is Nc1nc2cc(Br)cnc2n1-c1cc(Br)c(F)cc1F. The molecule has 0 saturated carbocycles. The van der Waals surface area contributed by atoms with Gasteiger partial charge in [0.05, 0.1) is 10.2 Å². The van der Waals surface area contributed by atoms with Gasteiger partial charge in [-0.2, -0.15) is 0 Å². The third-order valence-electron chi connectivity index (χ3n) is 2.72. The van der Waals surface area contributed by atoms with Crippen LogP contribution in [0.2, 0.25) is 0 Å². The number of hydrogen-bond donors (Lipinski definition) is 1. The Morgan fingerprint density at radius 2 is 1.85 bits per heavy atom. The zero-order chi connectivity index (χ0) is 14.4. The van der Waals surface area contributed by atoms with Crippen molar-refractivity contribution in [3.8, 4) is 5.69 Å². The molecule has 3 aromatic rings. The predicted octanol–water partition coefficient (Wildman–Crippen LogP) is 3.81. The molecule has 2 aromatic heterocycles. The van der Waals surface area contributed by atoms with Crippen molar-refractivity contribution in [3.05, 3.63) is 45.0 Å². The fourth-order valence-electron chi connectivity index (χ4n) is 1.88. The maximum Gasteiger partial charge on any atom is 0.207 e. The fourth-order valence-corrected chi connectivity index (χ4v) is 2.53. The van der Waals surface area contributed by atoms with Crippen LogP contribution in [0.3, 0.4) is 0 Å². The summed E-state index contributed by atoms with van der Waals surface area (Å²) < 4.78 is 29.5. The number of rotatable bonds is 1. The van der Waals surface area contributed by atoms with Crippen LogP contribution < -0.4 is 5.73 Å². The zero-order valence-electron chi connectivity index (χ0n) is 9.74. The highest BCUT2D eigenvalue weighted by molar-refractivity contribution is 9.10. The van der Waals surface area contributed by atoms with Gasteiger partial charge in [-0.25, -0.2) is 18.7 Å². The Morgan fingerprint density at radius 3 is 2.60 bits per heavy atom. The molecule has 0 aliphatic rings. The van der Waals surface area contributed by atoms with E-state index in [2.05, 4.69) is 41.8 Å². The molecule has 0 aliphatic heterocycles. The monoisotopic (exact) mass is 402 g/mol. The number of nitrogens with two attached hydrogens (primary N) is 1. The molecule has 102 valence electrons. The van der Waals surface area contributed by atoms with E-state index in [0.29, 0.717) is 11.2 Å². The quantitative estimate of drug-likeness (QED) is 0.628. The minimum Gasteiger partial charge on any atom is -0.369 e. The molecule has 20 heavy (non-hydrogen) atoms. The summed E-state index contributed by atoms with van der Waals surface area (Å²) in [6, 6.07) is 3.79. The number of nitrogen functional groups attached to an aromatic ring is 1. The van der Waals surface area contributed by atoms with E-state index in [1.807, 2.05) is 0 Å². The number of pyridine rings is 1. The van der Waals surface area contributed by atoms with Crippen LogP contribution in [0.5, 0.6) is 0 Å². The molecule has 4 nitrogen and oxygen atoms in total. The maximum absolute atomic E-state index is 14.0. The number of fused-ring (bicyclic) bond motifs is 1. The van der Waals surface area contributed by atoms with Crippen molar-refractivity contribution in [2.45, 2.75) is 0 Å². The van der Waals surface area contributed by atoms with E-state index in [4.69, 9.17) is 5.73 Å². The lowest BCUT2D eigenvalue weighted by atomic mass is 10.3. The highest BCUT2D eigenvalue weighted by Gasteiger charge is 2.17. The number of anilines is 1. The Morgan fingerprint density at radius 1 is 1.10 bits per heavy atom. The maximum atomic E-state index is 14.0. The average Bonchev–Trinajstić information content (AvgIpc) is 2.69. The lowest BCUT2D eigenvalue weighted by molar-refractivity contribution is 0.574. The first kappa shape index (κ1) is 13.4. The minimum absolute atomic E-state index is 0.0722. The summed E-state index contributed by atoms with van der Waals surface area (Å²) in [7, 11) is 0. The molecule has 2 N–H and O–H groups in total. The van der Waals surface area contributed by atoms with Gasteiger partial charge < -0.3 is 5.73 Å². The standard InChI is InChI=1S/C12H6Br2F2N4/c13-5-1-9-11(18-4-5)20(12(17)19-9)10-2-6(14)7(15)3-8(10)16/h1-4H,(H2,17,19). The predicted molar refractivity (Wildman–Crippen MR) is 78.6 cm³/mol. The average molecular weight is 404 g/mol. The number of hydrogen-bond acceptors (Lipinski definition) is 3. The van der Waals surface area contributed by atoms with Crippen molar-refractivity contribution in [1.82, 2.24) is 14.5 Å². The van der Waals surface area contributed by atoms with E-state index in [9.17, 15) is 8.78 Å². The smallest absolute Gasteiger partial charge is 0.207 e. The molecule has 0 aliphatic carbocycles. The molecule has 3 rings (SSSR count). The van der Waals surface area contributed by atoms with E-state index in [1.54, 1.807) is 12.3 Å². The topological polar surface area (TPSA) is 56.7 Å². The van der Waals surface area contributed by atoms with Gasteiger partial charge in [0.25, 0.3) is 0 Å². The molecule has 8 heteroatoms. The number of nitrogens with zero attached hydrogens (tertiary/aromatic N) is 3. The Labute approximate surface area is 128 Å². The van der Waals surface area contributed by atoms with Crippen LogP contribution in [0, 0.1) is 11.6 Å². The summed E-state index contributed by atoms with van der Waals surface area (Å²) in [4.78, 5) is 8.29. The number of halogens is 4. The molecule has 1 aromatic carbocycles. The van der Waals surface area contributed by atoms with Crippen LogP contribution in [0.15, 0.2) is 33.3 Å². The van der Waals surface area contributed by atoms with E-state index in [0.717, 1.165) is 10.5 Å². The third-order valence-corrected chi connectivity index (χ3v) is 3.76. The van der Waals surface area contributed by atoms with Crippen molar-refractivity contribution in [3.63, 3.8) is 0 Å². The zero-order valence-corrected chi connectivity index (χ0v) is 12.9. The van der Waals surface area contributed by atoms with Crippen LogP contribution in [0.1, 0.15) is 0 Å². The normalized spacial score (nSPS) is 11.2. The fraction of sp³-hybridized carbons (Fsp3) is 0. The van der Waals surface area contributed by atoms with Gasteiger partial charge in [-0.1, -0.05) is 0 Å². The first-order chi connectivity index (χ1) is 9.47. The Hall–Kier alpha value is -1.54. The number of benzene rings is 1. The van der Waals surface area contributed by atoms with Gasteiger partial charge in [0.1, 0.15) is 17.2 Å². The van der Waals surface area contributed by atoms with Crippen molar-refractivity contribution >= 4 is 49.0 Å². The second-order valence-corrected chi connectivity index (χ2v) is 5.79. The van der Waals surface area contributed by atoms with Gasteiger partial charge in [-0.3, -0.25) is 4.57 Å². The van der Waals surface area contributed by atoms with Crippen LogP contribution >= 0.6 is 31.9 Å². The molecule has 2 heterocycles. The van der Waals surface area contributed by atoms with Gasteiger partial charge in [-0.15, -0.1) is 0 Å². The summed E-state index contributed by atoms with van der Waals surface area (Å²) in [6.45, 7) is 0. The van der Waals surface area contributed by atoms with Gasteiger partial charge in [0, 0.05) is 16.7 Å². The Bertz CT molecular complexity index is 832. The van der Waals surface area contributed by atoms with Crippen molar-refractivity contribution in [2.75, 3.05) is 5.73 Å². The van der Waals surface area contributed by atoms with Gasteiger partial charge in [-0.05, 0) is 44.0 Å². The second-order valence-electron chi connectivity index (χ2n) is 4.02. The molecule has 0 atom stereocenters. The summed E-state index contributed by atoms with van der Waals surface area (Å²) in [6.07, 6.45) is 1.55. The Kier molecular flexibility index (Phi) is 3.21. The van der Waals surface area contributed by atoms with Crippen LogP contribution in [-0.4, -0.2) is 14.5 Å². The van der Waals surface area contributed by atoms with Crippen molar-refractivity contribution < 1.29 is 8.78 Å². The minimum atomic E-state index is -0.749. The number of imidazole rings is 1. The molecular weight excluding hydrogens is 398 g/mol. The Balaban J connectivity index is 2.35. The molecule has 0 bridgehead atoms. The largest absolute Gasteiger partial charge is 0.369 e. The van der Waals surface area contributed by atoms with Crippen LogP contribution in [0.4, 0.5) is 14.7 Å². The second kappa shape index (κ2) is 4.78. The van der Waals surface area contributed by atoms with Gasteiger partial charge >= 0.3 is 0 Å². The van der Waals surface area contributed by atoms with E-state index >= 15 is 0 Å². The van der Waals surface area contributed by atoms with Gasteiger partial charge in [0.15, 0.2) is 5.65 Å². The first-order valence-electron chi connectivity index (χ1n) is 5.42. The summed E-state index contributed by atoms with van der Waals surface area (Å²) in [5.41, 5.74) is 6.79. The third kappa shape index (κ3) is 2.08. The summed E-state index contributed by atoms with van der Waals surface area (Å²) in [5, 5.41) is 0. The lowest BCUT2D eigenvalue weighted by Gasteiger charge is -2.08. The van der Waals surface area contributed by atoms with Crippen LogP contribution in [0.25, 0.3) is 16.9 Å². The highest BCUT2D eigenvalue weighted by atomic mass is 79.9. The van der Waals surface area contributed by atoms with Crippen molar-refractivity contribution in [1.29, 1.82) is 0 Å². The molecular formula is C12H6Br2F2N4.